The molecule has 0 saturated carbocycles. The molecule has 0 aliphatic rings. The van der Waals surface area contributed by atoms with Crippen molar-refractivity contribution in [2.45, 2.75) is 13.8 Å². The number of halogens is 1. The maximum atomic E-state index is 12.1. The van der Waals surface area contributed by atoms with Crippen molar-refractivity contribution < 1.29 is 28.9 Å². The number of nitro benzene ring substituents is 2. The number of nitro groups is 2. The smallest absolute Gasteiger partial charge is 0.329 e. The number of carbonyl (C=O) groups excluding carboxylic acids is 2. The molecular formula is C24H20ClN5O8. The maximum Gasteiger partial charge on any atom is 0.329 e. The van der Waals surface area contributed by atoms with Crippen molar-refractivity contribution in [2.75, 3.05) is 11.9 Å². The van der Waals surface area contributed by atoms with E-state index in [0.717, 1.165) is 18.2 Å². The number of carbonyl (C=O) groups is 2. The quantitative estimate of drug-likeness (QED) is 0.169. The zero-order valence-electron chi connectivity index (χ0n) is 20.0. The predicted octanol–water partition coefficient (Wildman–Crippen LogP) is 4.74. The van der Waals surface area contributed by atoms with E-state index in [-0.39, 0.29) is 23.9 Å². The lowest BCUT2D eigenvalue weighted by atomic mass is 10.2. The van der Waals surface area contributed by atoms with E-state index in [2.05, 4.69) is 15.8 Å². The van der Waals surface area contributed by atoms with Gasteiger partial charge < -0.3 is 14.8 Å². The van der Waals surface area contributed by atoms with Gasteiger partial charge in [-0.25, -0.2) is 5.43 Å². The van der Waals surface area contributed by atoms with Crippen LogP contribution in [0.3, 0.4) is 0 Å². The Kier molecular flexibility index (Phi) is 8.90. The first kappa shape index (κ1) is 27.5. The first-order valence-corrected chi connectivity index (χ1v) is 11.3. The molecule has 38 heavy (non-hydrogen) atoms. The van der Waals surface area contributed by atoms with Crippen LogP contribution in [0.15, 0.2) is 59.7 Å². The standard InChI is InChI=1S/C24H20ClN5O8/c1-3-37-22-11-15(13-26-28-24(32)23(31)27-18-6-4-5-17(25)14(18)2)7-9-21(22)38-20-10-8-16(29(33)34)12-19(20)30(35)36/h4-13H,3H2,1-2H3,(H,27,31)(H,28,32)/b26-13+. The number of non-ortho nitro benzene ring substituents is 1. The topological polar surface area (TPSA) is 175 Å². The van der Waals surface area contributed by atoms with Crippen LogP contribution in [0.2, 0.25) is 5.02 Å². The lowest BCUT2D eigenvalue weighted by Crippen LogP contribution is -2.32. The van der Waals surface area contributed by atoms with E-state index in [4.69, 9.17) is 21.1 Å². The molecule has 196 valence electrons. The van der Waals surface area contributed by atoms with Gasteiger partial charge in [0.15, 0.2) is 11.5 Å². The molecule has 0 fully saturated rings. The van der Waals surface area contributed by atoms with Crippen LogP contribution in [-0.2, 0) is 9.59 Å². The number of amides is 2. The second-order valence-corrected chi connectivity index (χ2v) is 7.88. The third-order valence-electron chi connectivity index (χ3n) is 4.94. The van der Waals surface area contributed by atoms with E-state index < -0.39 is 33.0 Å². The number of ether oxygens (including phenoxy) is 2. The van der Waals surface area contributed by atoms with Gasteiger partial charge in [-0.05, 0) is 61.4 Å². The van der Waals surface area contributed by atoms with E-state index in [9.17, 15) is 29.8 Å². The molecule has 14 heteroatoms. The molecule has 3 aromatic rings. The van der Waals surface area contributed by atoms with E-state index in [1.807, 2.05) is 0 Å². The minimum atomic E-state index is -1.02. The zero-order valence-corrected chi connectivity index (χ0v) is 20.7. The van der Waals surface area contributed by atoms with Crippen molar-refractivity contribution in [3.8, 4) is 17.2 Å². The van der Waals surface area contributed by atoms with Crippen LogP contribution in [0, 0.1) is 27.2 Å². The van der Waals surface area contributed by atoms with Crippen LogP contribution < -0.4 is 20.2 Å². The molecule has 0 heterocycles. The summed E-state index contributed by atoms with van der Waals surface area (Å²) in [7, 11) is 0. The average molecular weight is 542 g/mol. The summed E-state index contributed by atoms with van der Waals surface area (Å²) >= 11 is 6.01. The first-order valence-electron chi connectivity index (χ1n) is 10.9. The van der Waals surface area contributed by atoms with E-state index in [0.29, 0.717) is 21.8 Å². The molecule has 2 N–H and O–H groups in total. The summed E-state index contributed by atoms with van der Waals surface area (Å²) in [5.41, 5.74) is 2.47. The Morgan fingerprint density at radius 3 is 2.42 bits per heavy atom. The summed E-state index contributed by atoms with van der Waals surface area (Å²) < 4.78 is 11.2. The number of hydrogen-bond donors (Lipinski definition) is 2. The third kappa shape index (κ3) is 6.79. The number of hydrazone groups is 1. The molecule has 0 atom stereocenters. The van der Waals surface area contributed by atoms with Gasteiger partial charge in [0.1, 0.15) is 0 Å². The van der Waals surface area contributed by atoms with Crippen LogP contribution in [0.4, 0.5) is 17.1 Å². The lowest BCUT2D eigenvalue weighted by molar-refractivity contribution is -0.394. The summed E-state index contributed by atoms with van der Waals surface area (Å²) in [6.07, 6.45) is 1.25. The Hall–Kier alpha value is -5.04. The molecule has 0 aliphatic heterocycles. The first-order chi connectivity index (χ1) is 18.1. The molecular weight excluding hydrogens is 522 g/mol. The number of anilines is 1. The van der Waals surface area contributed by atoms with Crippen molar-refractivity contribution in [3.63, 3.8) is 0 Å². The van der Waals surface area contributed by atoms with Crippen LogP contribution >= 0.6 is 11.6 Å². The molecule has 0 radical (unpaired) electrons. The van der Waals surface area contributed by atoms with Gasteiger partial charge in [0.2, 0.25) is 5.75 Å². The molecule has 0 aliphatic carbocycles. The Balaban J connectivity index is 1.73. The highest BCUT2D eigenvalue weighted by atomic mass is 35.5. The Labute approximate surface area is 220 Å². The van der Waals surface area contributed by atoms with Crippen molar-refractivity contribution in [2.24, 2.45) is 5.10 Å². The molecule has 3 rings (SSSR count). The van der Waals surface area contributed by atoms with Crippen molar-refractivity contribution in [1.82, 2.24) is 5.43 Å². The van der Waals surface area contributed by atoms with E-state index >= 15 is 0 Å². The number of benzene rings is 3. The van der Waals surface area contributed by atoms with Gasteiger partial charge in [-0.2, -0.15) is 5.10 Å². The Morgan fingerprint density at radius 2 is 1.74 bits per heavy atom. The third-order valence-corrected chi connectivity index (χ3v) is 5.35. The van der Waals surface area contributed by atoms with Crippen molar-refractivity contribution >= 4 is 46.7 Å². The monoisotopic (exact) mass is 541 g/mol. The maximum absolute atomic E-state index is 12.1. The van der Waals surface area contributed by atoms with Crippen molar-refractivity contribution in [3.05, 3.63) is 91.0 Å². The average Bonchev–Trinajstić information content (AvgIpc) is 2.88. The van der Waals surface area contributed by atoms with Gasteiger partial charge in [0, 0.05) is 16.8 Å². The van der Waals surface area contributed by atoms with Gasteiger partial charge in [0.05, 0.1) is 28.7 Å². The molecule has 2 amide bonds. The molecule has 0 unspecified atom stereocenters. The second-order valence-electron chi connectivity index (χ2n) is 7.47. The number of rotatable bonds is 9. The van der Waals surface area contributed by atoms with Gasteiger partial charge in [-0.15, -0.1) is 0 Å². The fraction of sp³-hybridized carbons (Fsp3) is 0.125. The zero-order chi connectivity index (χ0) is 27.8. The highest BCUT2D eigenvalue weighted by Crippen LogP contribution is 2.38. The van der Waals surface area contributed by atoms with Crippen LogP contribution in [0.1, 0.15) is 18.1 Å². The number of nitrogens with one attached hydrogen (secondary N) is 2. The SMILES string of the molecule is CCOc1cc(/C=N/NC(=O)C(=O)Nc2cccc(Cl)c2C)ccc1Oc1ccc([N+](=O)[O-])cc1[N+](=O)[O-]. The Bertz CT molecular complexity index is 1440. The molecule has 0 spiro atoms. The lowest BCUT2D eigenvalue weighted by Gasteiger charge is -2.12. The largest absolute Gasteiger partial charge is 0.490 e. The summed E-state index contributed by atoms with van der Waals surface area (Å²) in [6, 6.07) is 12.3. The summed E-state index contributed by atoms with van der Waals surface area (Å²) in [6.45, 7) is 3.62. The van der Waals surface area contributed by atoms with Crippen LogP contribution in [0.25, 0.3) is 0 Å². The van der Waals surface area contributed by atoms with Gasteiger partial charge in [-0.3, -0.25) is 29.8 Å². The van der Waals surface area contributed by atoms with Gasteiger partial charge >= 0.3 is 17.5 Å². The summed E-state index contributed by atoms with van der Waals surface area (Å²) in [5.74, 6) is -1.91. The highest BCUT2D eigenvalue weighted by Gasteiger charge is 2.22. The van der Waals surface area contributed by atoms with E-state index in [1.54, 1.807) is 32.0 Å². The van der Waals surface area contributed by atoms with Crippen molar-refractivity contribution in [1.29, 1.82) is 0 Å². The van der Waals surface area contributed by atoms with Gasteiger partial charge in [0.25, 0.3) is 5.69 Å². The Morgan fingerprint density at radius 1 is 1.00 bits per heavy atom. The summed E-state index contributed by atoms with van der Waals surface area (Å²) in [5, 5.41) is 29.0. The van der Waals surface area contributed by atoms with Crippen LogP contribution in [0.5, 0.6) is 17.2 Å². The fourth-order valence-corrected chi connectivity index (χ4v) is 3.24. The summed E-state index contributed by atoms with van der Waals surface area (Å²) in [4.78, 5) is 45.0. The molecule has 0 aromatic heterocycles. The number of nitrogens with zero attached hydrogens (tertiary/aromatic N) is 3. The second kappa shape index (κ2) is 12.3. The molecule has 13 nitrogen and oxygen atoms in total. The van der Waals surface area contributed by atoms with Crippen LogP contribution in [-0.4, -0.2) is 34.5 Å². The molecule has 0 saturated heterocycles. The fourth-order valence-electron chi connectivity index (χ4n) is 3.06. The van der Waals surface area contributed by atoms with E-state index in [1.165, 1.54) is 24.4 Å². The minimum absolute atomic E-state index is 0.0984. The predicted molar refractivity (Wildman–Crippen MR) is 138 cm³/mol. The highest BCUT2D eigenvalue weighted by molar-refractivity contribution is 6.40. The minimum Gasteiger partial charge on any atom is -0.490 e. The normalized spacial score (nSPS) is 10.6. The number of hydrogen-bond acceptors (Lipinski definition) is 9. The molecule has 3 aromatic carbocycles. The molecule has 0 bridgehead atoms. The van der Waals surface area contributed by atoms with Gasteiger partial charge in [-0.1, -0.05) is 17.7 Å².